The van der Waals surface area contributed by atoms with Gasteiger partial charge >= 0.3 is 0 Å². The average Bonchev–Trinajstić information content (AvgIpc) is 2.99. The first kappa shape index (κ1) is 16.3. The molecule has 1 aliphatic heterocycles. The van der Waals surface area contributed by atoms with E-state index in [4.69, 9.17) is 5.73 Å². The van der Waals surface area contributed by atoms with Gasteiger partial charge in [-0.05, 0) is 44.6 Å². The van der Waals surface area contributed by atoms with Gasteiger partial charge < -0.3 is 10.6 Å². The number of nitrogens with two attached hydrogens (primary N) is 1. The van der Waals surface area contributed by atoms with Crippen molar-refractivity contribution in [1.29, 1.82) is 0 Å². The minimum atomic E-state index is -2.43. The van der Waals surface area contributed by atoms with Crippen LogP contribution in [0.2, 0.25) is 0 Å². The van der Waals surface area contributed by atoms with E-state index in [9.17, 15) is 8.78 Å². The molecule has 1 heterocycles. The number of likely N-dealkylation sites (N-methyl/N-ethyl adjacent to an activating group) is 1. The Balaban J connectivity index is 1.98. The first-order valence-electron chi connectivity index (χ1n) is 7.62. The van der Waals surface area contributed by atoms with Crippen LogP contribution in [0.4, 0.5) is 8.78 Å². The molecule has 2 rings (SSSR count). The smallest absolute Gasteiger partial charge is 0.263 e. The highest BCUT2D eigenvalue weighted by molar-refractivity contribution is 5.27. The number of hydrogen-bond acceptors (Lipinski definition) is 3. The van der Waals surface area contributed by atoms with Crippen molar-refractivity contribution >= 4 is 0 Å². The Morgan fingerprint density at radius 1 is 1.24 bits per heavy atom. The second kappa shape index (κ2) is 7.82. The lowest BCUT2D eigenvalue weighted by atomic mass is 10.0. The van der Waals surface area contributed by atoms with Gasteiger partial charge in [-0.25, -0.2) is 8.78 Å². The Bertz CT molecular complexity index is 433. The van der Waals surface area contributed by atoms with E-state index < -0.39 is 6.43 Å². The third kappa shape index (κ3) is 4.46. The lowest BCUT2D eigenvalue weighted by Gasteiger charge is -2.29. The van der Waals surface area contributed by atoms with Crippen molar-refractivity contribution in [1.82, 2.24) is 9.80 Å². The standard InChI is InChI=1S/C16H25F2N3/c1-20(9-10-21-7-2-3-8-21)15(12-19)13-5-4-6-14(11-13)16(17)18/h4-6,11,15-16H,2-3,7-10,12,19H2,1H3. The number of halogens is 2. The number of likely N-dealkylation sites (tertiary alicyclic amines) is 1. The number of alkyl halides is 2. The van der Waals surface area contributed by atoms with Gasteiger partial charge in [0.2, 0.25) is 0 Å². The molecule has 1 fully saturated rings. The van der Waals surface area contributed by atoms with E-state index in [2.05, 4.69) is 9.80 Å². The minimum absolute atomic E-state index is 0.00805. The monoisotopic (exact) mass is 297 g/mol. The van der Waals surface area contributed by atoms with Gasteiger partial charge in [0.1, 0.15) is 0 Å². The molecule has 118 valence electrons. The van der Waals surface area contributed by atoms with Crippen LogP contribution in [0.3, 0.4) is 0 Å². The van der Waals surface area contributed by atoms with Gasteiger partial charge in [0.25, 0.3) is 6.43 Å². The summed E-state index contributed by atoms with van der Waals surface area (Å²) >= 11 is 0. The summed E-state index contributed by atoms with van der Waals surface area (Å²) in [5.41, 5.74) is 6.82. The van der Waals surface area contributed by atoms with Crippen molar-refractivity contribution in [2.45, 2.75) is 25.3 Å². The molecule has 0 aliphatic carbocycles. The van der Waals surface area contributed by atoms with E-state index >= 15 is 0 Å². The van der Waals surface area contributed by atoms with Crippen molar-refractivity contribution < 1.29 is 8.78 Å². The molecule has 0 spiro atoms. The number of benzene rings is 1. The molecule has 1 aromatic carbocycles. The third-order valence-electron chi connectivity index (χ3n) is 4.27. The molecule has 0 saturated carbocycles. The molecular formula is C16H25F2N3. The van der Waals surface area contributed by atoms with Crippen LogP contribution in [0, 0.1) is 0 Å². The van der Waals surface area contributed by atoms with Gasteiger partial charge in [0.05, 0.1) is 0 Å². The molecule has 1 aromatic rings. The second-order valence-corrected chi connectivity index (χ2v) is 5.75. The molecule has 2 N–H and O–H groups in total. The van der Waals surface area contributed by atoms with Gasteiger partial charge in [-0.3, -0.25) is 4.90 Å². The zero-order valence-corrected chi connectivity index (χ0v) is 12.6. The molecule has 0 amide bonds. The predicted octanol–water partition coefficient (Wildman–Crippen LogP) is 2.65. The van der Waals surface area contributed by atoms with Gasteiger partial charge in [-0.2, -0.15) is 0 Å². The van der Waals surface area contributed by atoms with Crippen molar-refractivity contribution in [3.63, 3.8) is 0 Å². The molecule has 1 atom stereocenters. The van der Waals surface area contributed by atoms with Crippen LogP contribution < -0.4 is 5.73 Å². The fourth-order valence-electron chi connectivity index (χ4n) is 2.93. The molecule has 1 aliphatic rings. The first-order valence-corrected chi connectivity index (χ1v) is 7.62. The van der Waals surface area contributed by atoms with E-state index in [1.807, 2.05) is 13.1 Å². The van der Waals surface area contributed by atoms with Crippen molar-refractivity contribution in [2.24, 2.45) is 5.73 Å². The minimum Gasteiger partial charge on any atom is -0.329 e. The average molecular weight is 297 g/mol. The van der Waals surface area contributed by atoms with Gasteiger partial charge in [0, 0.05) is 31.2 Å². The normalized spacial score (nSPS) is 17.8. The van der Waals surface area contributed by atoms with Crippen LogP contribution in [-0.2, 0) is 0 Å². The second-order valence-electron chi connectivity index (χ2n) is 5.75. The molecular weight excluding hydrogens is 272 g/mol. The Morgan fingerprint density at radius 2 is 1.90 bits per heavy atom. The van der Waals surface area contributed by atoms with Gasteiger partial charge in [-0.1, -0.05) is 18.2 Å². The van der Waals surface area contributed by atoms with E-state index in [-0.39, 0.29) is 11.6 Å². The molecule has 1 saturated heterocycles. The molecule has 5 heteroatoms. The maximum Gasteiger partial charge on any atom is 0.263 e. The van der Waals surface area contributed by atoms with Gasteiger partial charge in [-0.15, -0.1) is 0 Å². The molecule has 1 unspecified atom stereocenters. The Kier molecular flexibility index (Phi) is 6.08. The van der Waals surface area contributed by atoms with E-state index in [1.165, 1.54) is 32.0 Å². The lowest BCUT2D eigenvalue weighted by Crippen LogP contribution is -2.36. The maximum atomic E-state index is 12.8. The number of rotatable bonds is 7. The topological polar surface area (TPSA) is 32.5 Å². The Morgan fingerprint density at radius 3 is 2.52 bits per heavy atom. The van der Waals surface area contributed by atoms with Crippen LogP contribution >= 0.6 is 0 Å². The quantitative estimate of drug-likeness (QED) is 0.840. The zero-order chi connectivity index (χ0) is 15.2. The fraction of sp³-hybridized carbons (Fsp3) is 0.625. The summed E-state index contributed by atoms with van der Waals surface area (Å²) < 4.78 is 25.6. The van der Waals surface area contributed by atoms with E-state index in [0.717, 1.165) is 18.7 Å². The molecule has 0 bridgehead atoms. The zero-order valence-electron chi connectivity index (χ0n) is 12.6. The number of nitrogens with zero attached hydrogens (tertiary/aromatic N) is 2. The van der Waals surface area contributed by atoms with Crippen molar-refractivity contribution in [3.05, 3.63) is 35.4 Å². The predicted molar refractivity (Wildman–Crippen MR) is 81.5 cm³/mol. The van der Waals surface area contributed by atoms with Crippen molar-refractivity contribution in [2.75, 3.05) is 39.8 Å². The third-order valence-corrected chi connectivity index (χ3v) is 4.27. The molecule has 3 nitrogen and oxygen atoms in total. The highest BCUT2D eigenvalue weighted by atomic mass is 19.3. The van der Waals surface area contributed by atoms with E-state index in [1.54, 1.807) is 12.1 Å². The summed E-state index contributed by atoms with van der Waals surface area (Å²) in [4.78, 5) is 4.61. The summed E-state index contributed by atoms with van der Waals surface area (Å²) in [7, 11) is 2.02. The fourth-order valence-corrected chi connectivity index (χ4v) is 2.93. The van der Waals surface area contributed by atoms with E-state index in [0.29, 0.717) is 6.54 Å². The van der Waals surface area contributed by atoms with Crippen LogP contribution in [0.1, 0.15) is 36.4 Å². The summed E-state index contributed by atoms with van der Waals surface area (Å²) in [6.07, 6.45) is 0.124. The maximum absolute atomic E-state index is 12.8. The summed E-state index contributed by atoms with van der Waals surface area (Å²) in [5, 5.41) is 0. The lowest BCUT2D eigenvalue weighted by molar-refractivity contribution is 0.151. The summed E-state index contributed by atoms with van der Waals surface area (Å²) in [6, 6.07) is 6.61. The first-order chi connectivity index (χ1) is 10.1. The van der Waals surface area contributed by atoms with Crippen molar-refractivity contribution in [3.8, 4) is 0 Å². The van der Waals surface area contributed by atoms with Crippen LogP contribution in [0.25, 0.3) is 0 Å². The Hall–Kier alpha value is -1.04. The van der Waals surface area contributed by atoms with Crippen LogP contribution in [0.5, 0.6) is 0 Å². The highest BCUT2D eigenvalue weighted by Gasteiger charge is 2.19. The largest absolute Gasteiger partial charge is 0.329 e. The molecule has 21 heavy (non-hydrogen) atoms. The number of hydrogen-bond donors (Lipinski definition) is 1. The Labute approximate surface area is 125 Å². The van der Waals surface area contributed by atoms with Crippen LogP contribution in [0.15, 0.2) is 24.3 Å². The summed E-state index contributed by atoms with van der Waals surface area (Å²) in [5.74, 6) is 0. The highest BCUT2D eigenvalue weighted by Crippen LogP contribution is 2.24. The van der Waals surface area contributed by atoms with Gasteiger partial charge in [0.15, 0.2) is 0 Å². The van der Waals surface area contributed by atoms with Crippen LogP contribution in [-0.4, -0.2) is 49.6 Å². The molecule has 0 radical (unpaired) electrons. The SMILES string of the molecule is CN(CCN1CCCC1)C(CN)c1cccc(C(F)F)c1. The molecule has 0 aromatic heterocycles. The summed E-state index contributed by atoms with van der Waals surface area (Å²) in [6.45, 7) is 4.69.